The average molecular weight is 340 g/mol. The molecule has 3 rings (SSSR count). The normalized spacial score (nSPS) is 17.3. The Morgan fingerprint density at radius 2 is 2.23 bits per heavy atom. The Morgan fingerprint density at radius 1 is 1.41 bits per heavy atom. The number of rotatable bonds is 5. The first kappa shape index (κ1) is 15.5. The second-order valence-corrected chi connectivity index (χ2v) is 6.36. The number of aromatic nitrogens is 2. The molecule has 1 unspecified atom stereocenters. The van der Waals surface area contributed by atoms with Crippen LogP contribution in [0.2, 0.25) is 5.15 Å². The molecule has 1 saturated heterocycles. The highest BCUT2D eigenvalue weighted by Gasteiger charge is 2.23. The van der Waals surface area contributed by atoms with Gasteiger partial charge in [0, 0.05) is 30.6 Å². The molecule has 0 radical (unpaired) electrons. The van der Waals surface area contributed by atoms with Crippen molar-refractivity contribution in [2.75, 3.05) is 43.9 Å². The first-order valence-corrected chi connectivity index (χ1v) is 8.37. The molecule has 2 aromatic heterocycles. The van der Waals surface area contributed by atoms with Crippen molar-refractivity contribution in [2.45, 2.75) is 6.04 Å². The summed E-state index contributed by atoms with van der Waals surface area (Å²) in [5, 5.41) is 5.76. The molecule has 118 valence electrons. The van der Waals surface area contributed by atoms with Crippen molar-refractivity contribution in [3.05, 3.63) is 33.6 Å². The van der Waals surface area contributed by atoms with Gasteiger partial charge in [0.25, 0.3) is 0 Å². The molecule has 1 aliphatic heterocycles. The molecule has 1 fully saturated rings. The minimum absolute atomic E-state index is 0.175. The fourth-order valence-corrected chi connectivity index (χ4v) is 3.56. The van der Waals surface area contributed by atoms with Crippen LogP contribution in [0.4, 0.5) is 11.8 Å². The van der Waals surface area contributed by atoms with E-state index in [4.69, 9.17) is 22.1 Å². The molecule has 1 aliphatic rings. The fourth-order valence-electron chi connectivity index (χ4n) is 2.51. The maximum atomic E-state index is 5.92. The number of morpholine rings is 1. The lowest BCUT2D eigenvalue weighted by molar-refractivity contribution is 0.0194. The lowest BCUT2D eigenvalue weighted by Gasteiger charge is -2.34. The minimum atomic E-state index is 0.175. The van der Waals surface area contributed by atoms with Gasteiger partial charge in [-0.3, -0.25) is 4.90 Å². The highest BCUT2D eigenvalue weighted by Crippen LogP contribution is 2.26. The zero-order valence-corrected chi connectivity index (χ0v) is 13.6. The molecule has 0 bridgehead atoms. The molecule has 8 heteroatoms. The smallest absolute Gasteiger partial charge is 0.223 e. The van der Waals surface area contributed by atoms with Gasteiger partial charge in [-0.2, -0.15) is 4.98 Å². The molecule has 1 atom stereocenters. The van der Waals surface area contributed by atoms with Crippen LogP contribution >= 0.6 is 22.9 Å². The summed E-state index contributed by atoms with van der Waals surface area (Å²) < 4.78 is 5.45. The summed E-state index contributed by atoms with van der Waals surface area (Å²) in [7, 11) is 0. The number of hydrogen-bond acceptors (Lipinski definition) is 7. The minimum Gasteiger partial charge on any atom is -0.379 e. The number of anilines is 2. The first-order chi connectivity index (χ1) is 10.7. The van der Waals surface area contributed by atoms with Crippen LogP contribution < -0.4 is 11.1 Å². The second-order valence-electron chi connectivity index (χ2n) is 4.99. The van der Waals surface area contributed by atoms with Crippen molar-refractivity contribution < 1.29 is 4.74 Å². The molecule has 3 heterocycles. The number of nitrogens with two attached hydrogens (primary N) is 1. The van der Waals surface area contributed by atoms with E-state index >= 15 is 0 Å². The van der Waals surface area contributed by atoms with Gasteiger partial charge in [-0.05, 0) is 11.4 Å². The molecular weight excluding hydrogens is 322 g/mol. The van der Waals surface area contributed by atoms with Gasteiger partial charge in [-0.1, -0.05) is 17.7 Å². The summed E-state index contributed by atoms with van der Waals surface area (Å²) in [6.07, 6.45) is 0. The summed E-state index contributed by atoms with van der Waals surface area (Å²) in [5.74, 6) is 0.821. The predicted molar refractivity (Wildman–Crippen MR) is 89.4 cm³/mol. The average Bonchev–Trinajstić information content (AvgIpc) is 3.02. The molecule has 2 aromatic rings. The van der Waals surface area contributed by atoms with Crippen LogP contribution in [0.3, 0.4) is 0 Å². The van der Waals surface area contributed by atoms with Gasteiger partial charge >= 0.3 is 0 Å². The summed E-state index contributed by atoms with van der Waals surface area (Å²) in [5.41, 5.74) is 5.63. The molecule has 0 spiro atoms. The topological polar surface area (TPSA) is 76.3 Å². The van der Waals surface area contributed by atoms with Crippen molar-refractivity contribution in [3.63, 3.8) is 0 Å². The van der Waals surface area contributed by atoms with E-state index in [1.165, 1.54) is 4.88 Å². The number of halogens is 1. The Kier molecular flexibility index (Phi) is 5.09. The number of nitrogens with one attached hydrogen (secondary N) is 1. The Balaban J connectivity index is 1.72. The van der Waals surface area contributed by atoms with Crippen molar-refractivity contribution in [1.82, 2.24) is 14.9 Å². The predicted octanol–water partition coefficient (Wildman–Crippen LogP) is 2.26. The van der Waals surface area contributed by atoms with Crippen molar-refractivity contribution >= 4 is 34.7 Å². The van der Waals surface area contributed by atoms with Crippen molar-refractivity contribution in [3.8, 4) is 0 Å². The van der Waals surface area contributed by atoms with E-state index in [0.29, 0.717) is 11.0 Å². The number of hydrogen-bond donors (Lipinski definition) is 2. The zero-order valence-electron chi connectivity index (χ0n) is 12.0. The number of thiophene rings is 1. The second kappa shape index (κ2) is 7.23. The van der Waals surface area contributed by atoms with E-state index in [1.54, 1.807) is 17.4 Å². The van der Waals surface area contributed by atoms with Crippen LogP contribution in [0, 0.1) is 0 Å². The summed E-state index contributed by atoms with van der Waals surface area (Å²) in [6, 6.07) is 6.20. The summed E-state index contributed by atoms with van der Waals surface area (Å²) >= 11 is 7.68. The maximum Gasteiger partial charge on any atom is 0.223 e. The Morgan fingerprint density at radius 3 is 2.91 bits per heavy atom. The van der Waals surface area contributed by atoms with E-state index in [1.807, 2.05) is 0 Å². The number of ether oxygens (including phenoxy) is 1. The van der Waals surface area contributed by atoms with Gasteiger partial charge in [0.1, 0.15) is 11.0 Å². The molecule has 0 aliphatic carbocycles. The van der Waals surface area contributed by atoms with Gasteiger partial charge in [0.2, 0.25) is 5.95 Å². The third-order valence-corrected chi connectivity index (χ3v) is 4.71. The van der Waals surface area contributed by atoms with Gasteiger partial charge in [-0.15, -0.1) is 11.3 Å². The van der Waals surface area contributed by atoms with Gasteiger partial charge in [-0.25, -0.2) is 4.98 Å². The molecule has 0 amide bonds. The highest BCUT2D eigenvalue weighted by atomic mass is 35.5. The van der Waals surface area contributed by atoms with Gasteiger partial charge < -0.3 is 15.8 Å². The summed E-state index contributed by atoms with van der Waals surface area (Å²) in [6.45, 7) is 4.13. The van der Waals surface area contributed by atoms with Crippen molar-refractivity contribution in [1.29, 1.82) is 0 Å². The third-order valence-electron chi connectivity index (χ3n) is 3.55. The monoisotopic (exact) mass is 339 g/mol. The van der Waals surface area contributed by atoms with Crippen molar-refractivity contribution in [2.24, 2.45) is 0 Å². The highest BCUT2D eigenvalue weighted by molar-refractivity contribution is 7.10. The summed E-state index contributed by atoms with van der Waals surface area (Å²) in [4.78, 5) is 11.8. The van der Waals surface area contributed by atoms with Crippen LogP contribution in [-0.2, 0) is 4.74 Å². The van der Waals surface area contributed by atoms with Crippen LogP contribution in [0.5, 0.6) is 0 Å². The largest absolute Gasteiger partial charge is 0.379 e. The number of nitrogen functional groups attached to an aromatic ring is 1. The maximum absolute atomic E-state index is 5.92. The van der Waals surface area contributed by atoms with Crippen LogP contribution in [0.15, 0.2) is 23.6 Å². The standard InChI is InChI=1S/C14H18ClN5OS/c15-12-8-13(19-14(16)18-12)17-9-10(11-2-1-7-22-11)20-3-5-21-6-4-20/h1-2,7-8,10H,3-6,9H2,(H3,16,17,18,19). The lowest BCUT2D eigenvalue weighted by atomic mass is 10.2. The molecule has 22 heavy (non-hydrogen) atoms. The molecule has 0 aromatic carbocycles. The van der Waals surface area contributed by atoms with E-state index in [2.05, 4.69) is 37.7 Å². The van der Waals surface area contributed by atoms with Crippen LogP contribution in [-0.4, -0.2) is 47.7 Å². The Bertz CT molecular complexity index is 583. The van der Waals surface area contributed by atoms with E-state index in [9.17, 15) is 0 Å². The molecule has 6 nitrogen and oxygen atoms in total. The van der Waals surface area contributed by atoms with Crippen LogP contribution in [0.25, 0.3) is 0 Å². The van der Waals surface area contributed by atoms with E-state index in [-0.39, 0.29) is 12.0 Å². The lowest BCUT2D eigenvalue weighted by Crippen LogP contribution is -2.41. The molecule has 0 saturated carbocycles. The number of nitrogens with zero attached hydrogens (tertiary/aromatic N) is 3. The van der Waals surface area contributed by atoms with Gasteiger partial charge in [0.05, 0.1) is 19.3 Å². The Hall–Kier alpha value is -1.41. The van der Waals surface area contributed by atoms with Gasteiger partial charge in [0.15, 0.2) is 0 Å². The SMILES string of the molecule is Nc1nc(Cl)cc(NCC(c2cccs2)N2CCOCC2)n1. The molecule has 3 N–H and O–H groups in total. The van der Waals surface area contributed by atoms with Crippen LogP contribution in [0.1, 0.15) is 10.9 Å². The third kappa shape index (κ3) is 3.86. The fraction of sp³-hybridized carbons (Fsp3) is 0.429. The zero-order chi connectivity index (χ0) is 15.4. The Labute approximate surface area is 138 Å². The quantitative estimate of drug-likeness (QED) is 0.814. The van der Waals surface area contributed by atoms with E-state index in [0.717, 1.165) is 32.8 Å². The molecular formula is C14H18ClN5OS. The first-order valence-electron chi connectivity index (χ1n) is 7.11. The van der Waals surface area contributed by atoms with E-state index < -0.39 is 0 Å².